The van der Waals surface area contributed by atoms with Crippen LogP contribution in [-0.4, -0.2) is 88.4 Å². The Morgan fingerprint density at radius 2 is 1.63 bits per heavy atom. The number of carbonyl (C=O) groups is 5. The Morgan fingerprint density at radius 3 is 2.26 bits per heavy atom. The van der Waals surface area contributed by atoms with Gasteiger partial charge in [0.15, 0.2) is 0 Å². The van der Waals surface area contributed by atoms with Crippen LogP contribution in [0, 0.1) is 0 Å². The van der Waals surface area contributed by atoms with Crippen molar-refractivity contribution in [2.24, 2.45) is 5.73 Å². The van der Waals surface area contributed by atoms with Crippen molar-refractivity contribution in [1.29, 1.82) is 0 Å². The van der Waals surface area contributed by atoms with Gasteiger partial charge in [-0.15, -0.1) is 0 Å². The number of anilines is 1. The van der Waals surface area contributed by atoms with Crippen LogP contribution < -0.4 is 16.4 Å². The Hall–Kier alpha value is -3.71. The van der Waals surface area contributed by atoms with E-state index in [2.05, 4.69) is 15.5 Å². The molecule has 1 fully saturated rings. The maximum atomic E-state index is 13.4. The van der Waals surface area contributed by atoms with E-state index in [1.807, 2.05) is 6.07 Å². The fourth-order valence-corrected chi connectivity index (χ4v) is 5.10. The van der Waals surface area contributed by atoms with Crippen LogP contribution >= 0.6 is 23.2 Å². The summed E-state index contributed by atoms with van der Waals surface area (Å²) >= 11 is 12.2. The lowest BCUT2D eigenvalue weighted by Crippen LogP contribution is -2.51. The highest BCUT2D eigenvalue weighted by molar-refractivity contribution is 6.42. The summed E-state index contributed by atoms with van der Waals surface area (Å²) in [6.45, 7) is 2.34. The maximum absolute atomic E-state index is 13.4. The van der Waals surface area contributed by atoms with E-state index < -0.39 is 48.7 Å². The van der Waals surface area contributed by atoms with Gasteiger partial charge in [-0.1, -0.05) is 41.4 Å². The predicted octanol–water partition coefficient (Wildman–Crippen LogP) is 2.53. The van der Waals surface area contributed by atoms with Gasteiger partial charge in [-0.25, -0.2) is 0 Å². The molecule has 3 amide bonds. The first-order chi connectivity index (χ1) is 20.3. The summed E-state index contributed by atoms with van der Waals surface area (Å²) in [5.41, 5.74) is 7.33. The molecule has 0 spiro atoms. The van der Waals surface area contributed by atoms with E-state index in [0.717, 1.165) is 31.5 Å². The zero-order chi connectivity index (χ0) is 31.7. The number of halogens is 2. The second kappa shape index (κ2) is 15.7. The molecule has 6 N–H and O–H groups in total. The predicted molar refractivity (Wildman–Crippen MR) is 161 cm³/mol. The SMILES string of the molecule is CN(C(=O)Cc1ccc(Cl)c(Cl)c1)[C@H](CN1CCCC1)c1cccc(NC(=O)[C@H](CC(=O)O)NC(=O)[C@@H](N)CC(=O)O)c1. The van der Waals surface area contributed by atoms with E-state index >= 15 is 0 Å². The maximum Gasteiger partial charge on any atom is 0.305 e. The lowest BCUT2D eigenvalue weighted by atomic mass is 10.0. The van der Waals surface area contributed by atoms with Crippen molar-refractivity contribution in [1.82, 2.24) is 15.1 Å². The van der Waals surface area contributed by atoms with Crippen LogP contribution in [0.3, 0.4) is 0 Å². The quantitative estimate of drug-likeness (QED) is 0.208. The zero-order valence-corrected chi connectivity index (χ0v) is 25.1. The van der Waals surface area contributed by atoms with E-state index in [9.17, 15) is 29.1 Å². The molecular formula is C29H35Cl2N5O7. The third kappa shape index (κ3) is 10.2. The highest BCUT2D eigenvalue weighted by atomic mass is 35.5. The van der Waals surface area contributed by atoms with Gasteiger partial charge in [0, 0.05) is 19.3 Å². The average molecular weight is 637 g/mol. The third-order valence-corrected chi connectivity index (χ3v) is 7.85. The molecule has 3 rings (SSSR count). The molecule has 232 valence electrons. The topological polar surface area (TPSA) is 182 Å². The Kier molecular flexibility index (Phi) is 12.3. The normalized spacial score (nSPS) is 15.3. The first kappa shape index (κ1) is 33.8. The zero-order valence-electron chi connectivity index (χ0n) is 23.6. The average Bonchev–Trinajstić information content (AvgIpc) is 3.46. The second-order valence-corrected chi connectivity index (χ2v) is 11.2. The van der Waals surface area contributed by atoms with Crippen molar-refractivity contribution in [3.8, 4) is 0 Å². The van der Waals surface area contributed by atoms with Gasteiger partial charge in [0.25, 0.3) is 0 Å². The fourth-order valence-electron chi connectivity index (χ4n) is 4.78. The molecule has 1 heterocycles. The van der Waals surface area contributed by atoms with Gasteiger partial charge in [-0.3, -0.25) is 24.0 Å². The molecule has 43 heavy (non-hydrogen) atoms. The molecule has 14 heteroatoms. The Labute approximate surface area is 259 Å². The van der Waals surface area contributed by atoms with Gasteiger partial charge in [-0.2, -0.15) is 0 Å². The van der Waals surface area contributed by atoms with Gasteiger partial charge in [-0.05, 0) is 61.3 Å². The molecule has 0 unspecified atom stereocenters. The van der Waals surface area contributed by atoms with Crippen LogP contribution in [0.4, 0.5) is 5.69 Å². The molecular weight excluding hydrogens is 601 g/mol. The van der Waals surface area contributed by atoms with Crippen molar-refractivity contribution >= 4 is 58.5 Å². The highest BCUT2D eigenvalue weighted by Gasteiger charge is 2.29. The van der Waals surface area contributed by atoms with Crippen molar-refractivity contribution in [3.05, 3.63) is 63.6 Å². The minimum atomic E-state index is -1.51. The molecule has 3 atom stereocenters. The summed E-state index contributed by atoms with van der Waals surface area (Å²) in [6.07, 6.45) is 0.763. The number of likely N-dealkylation sites (tertiary alicyclic amines) is 1. The van der Waals surface area contributed by atoms with Gasteiger partial charge in [0.05, 0.1) is 41.4 Å². The summed E-state index contributed by atoms with van der Waals surface area (Å²) < 4.78 is 0. The Bertz CT molecular complexity index is 1350. The molecule has 0 aromatic heterocycles. The molecule has 2 aromatic carbocycles. The van der Waals surface area contributed by atoms with E-state index in [-0.39, 0.29) is 18.4 Å². The monoisotopic (exact) mass is 635 g/mol. The summed E-state index contributed by atoms with van der Waals surface area (Å²) in [5, 5.41) is 23.8. The van der Waals surface area contributed by atoms with Crippen LogP contribution in [0.25, 0.3) is 0 Å². The molecule has 2 aromatic rings. The molecule has 1 saturated heterocycles. The molecule has 0 bridgehead atoms. The van der Waals surface area contributed by atoms with Crippen LogP contribution in [0.5, 0.6) is 0 Å². The molecule has 1 aliphatic heterocycles. The summed E-state index contributed by atoms with van der Waals surface area (Å²) in [6, 6.07) is 8.51. The van der Waals surface area contributed by atoms with Gasteiger partial charge < -0.3 is 36.4 Å². The van der Waals surface area contributed by atoms with Crippen molar-refractivity contribution < 1.29 is 34.2 Å². The standard InChI is InChI=1S/C29H35Cl2N5O7/c1-35(25(37)12-17-7-8-20(30)21(31)11-17)24(16-36-9-2-3-10-36)18-5-4-6-19(13-18)33-29(43)23(15-27(40)41)34-28(42)22(32)14-26(38)39/h4-8,11,13,22-24H,2-3,9-10,12,14-16,32H2,1H3,(H,33,43)(H,34,42)(H,38,39)(H,40,41)/t22-,23-,24+/m0/s1. The number of carboxylic acid groups (broad SMARTS) is 2. The number of amides is 3. The Morgan fingerprint density at radius 1 is 0.953 bits per heavy atom. The number of nitrogens with zero attached hydrogens (tertiary/aromatic N) is 2. The summed E-state index contributed by atoms with van der Waals surface area (Å²) in [7, 11) is 1.71. The van der Waals surface area contributed by atoms with E-state index in [0.29, 0.717) is 27.8 Å². The summed E-state index contributed by atoms with van der Waals surface area (Å²) in [5.74, 6) is -4.61. The summed E-state index contributed by atoms with van der Waals surface area (Å²) in [4.78, 5) is 64.9. The fraction of sp³-hybridized carbons (Fsp3) is 0.414. The van der Waals surface area contributed by atoms with Crippen LogP contribution in [0.2, 0.25) is 10.0 Å². The molecule has 1 aliphatic rings. The van der Waals surface area contributed by atoms with E-state index in [4.69, 9.17) is 34.0 Å². The molecule has 0 saturated carbocycles. The lowest BCUT2D eigenvalue weighted by Gasteiger charge is -2.32. The third-order valence-electron chi connectivity index (χ3n) is 7.11. The van der Waals surface area contributed by atoms with Crippen molar-refractivity contribution in [2.45, 2.75) is 50.2 Å². The number of nitrogens with two attached hydrogens (primary N) is 1. The van der Waals surface area contributed by atoms with Crippen molar-refractivity contribution in [3.63, 3.8) is 0 Å². The van der Waals surface area contributed by atoms with Crippen molar-refractivity contribution in [2.75, 3.05) is 32.0 Å². The van der Waals surface area contributed by atoms with Crippen LogP contribution in [0.1, 0.15) is 42.9 Å². The number of carboxylic acids is 2. The number of carbonyl (C=O) groups excluding carboxylic acids is 3. The number of nitrogens with one attached hydrogen (secondary N) is 2. The number of aliphatic carboxylic acids is 2. The number of hydrogen-bond acceptors (Lipinski definition) is 7. The molecule has 0 radical (unpaired) electrons. The number of hydrogen-bond donors (Lipinski definition) is 5. The number of rotatable bonds is 14. The van der Waals surface area contributed by atoms with Gasteiger partial charge in [0.2, 0.25) is 17.7 Å². The first-order valence-corrected chi connectivity index (χ1v) is 14.4. The van der Waals surface area contributed by atoms with Crippen LogP contribution in [-0.2, 0) is 30.4 Å². The van der Waals surface area contributed by atoms with Gasteiger partial charge in [0.1, 0.15) is 6.04 Å². The first-order valence-electron chi connectivity index (χ1n) is 13.7. The van der Waals surface area contributed by atoms with E-state index in [1.54, 1.807) is 48.3 Å². The minimum absolute atomic E-state index is 0.0981. The smallest absolute Gasteiger partial charge is 0.305 e. The highest BCUT2D eigenvalue weighted by Crippen LogP contribution is 2.27. The molecule has 0 aliphatic carbocycles. The minimum Gasteiger partial charge on any atom is -0.481 e. The number of likely N-dealkylation sites (N-methyl/N-ethyl adjacent to an activating group) is 1. The lowest BCUT2D eigenvalue weighted by molar-refractivity contribution is -0.141. The largest absolute Gasteiger partial charge is 0.481 e. The van der Waals surface area contributed by atoms with Gasteiger partial charge >= 0.3 is 11.9 Å². The molecule has 12 nitrogen and oxygen atoms in total. The van der Waals surface area contributed by atoms with Crippen LogP contribution in [0.15, 0.2) is 42.5 Å². The van der Waals surface area contributed by atoms with E-state index in [1.165, 1.54) is 0 Å². The number of benzene rings is 2. The second-order valence-electron chi connectivity index (χ2n) is 10.4. The Balaban J connectivity index is 1.80.